The minimum absolute atomic E-state index is 0.0103. The summed E-state index contributed by atoms with van der Waals surface area (Å²) in [5, 5.41) is 4.09. The average molecular weight is 687 g/mol. The SMILES string of the molecule is CC(C)CNC(=O)[C@H](Cc1ccccc1)N(Cc1cccc(Cl)c1)C(=O)CN(c1cccc(Cl)c1)S(=O)(=O)c1ccc(Cl)cc1. The molecule has 7 nitrogen and oxygen atoms in total. The van der Waals surface area contributed by atoms with Gasteiger partial charge in [0.25, 0.3) is 10.0 Å². The van der Waals surface area contributed by atoms with Gasteiger partial charge in [0.15, 0.2) is 0 Å². The van der Waals surface area contributed by atoms with Crippen LogP contribution in [0.5, 0.6) is 0 Å². The van der Waals surface area contributed by atoms with E-state index >= 15 is 0 Å². The molecule has 0 bridgehead atoms. The molecule has 0 fully saturated rings. The topological polar surface area (TPSA) is 86.8 Å². The van der Waals surface area contributed by atoms with Crippen LogP contribution < -0.4 is 9.62 Å². The molecular formula is C34H34Cl3N3O4S. The lowest BCUT2D eigenvalue weighted by molar-refractivity contribution is -0.140. The molecule has 0 spiro atoms. The Hall–Kier alpha value is -3.56. The molecule has 1 N–H and O–H groups in total. The first-order valence-electron chi connectivity index (χ1n) is 14.3. The van der Waals surface area contributed by atoms with Gasteiger partial charge in [0.05, 0.1) is 10.6 Å². The number of halogens is 3. The van der Waals surface area contributed by atoms with Crippen molar-refractivity contribution in [3.63, 3.8) is 0 Å². The van der Waals surface area contributed by atoms with Gasteiger partial charge < -0.3 is 10.2 Å². The third kappa shape index (κ3) is 9.47. The van der Waals surface area contributed by atoms with Crippen LogP contribution in [-0.4, -0.2) is 44.3 Å². The second-order valence-electron chi connectivity index (χ2n) is 10.9. The van der Waals surface area contributed by atoms with Crippen LogP contribution in [0.2, 0.25) is 15.1 Å². The maximum absolute atomic E-state index is 14.5. The Bertz CT molecular complexity index is 1720. The molecule has 4 aromatic carbocycles. The fourth-order valence-corrected chi connectivity index (χ4v) is 6.63. The highest BCUT2D eigenvalue weighted by Gasteiger charge is 2.34. The minimum Gasteiger partial charge on any atom is -0.354 e. The lowest BCUT2D eigenvalue weighted by Crippen LogP contribution is -2.53. The summed E-state index contributed by atoms with van der Waals surface area (Å²) in [5.41, 5.74) is 1.71. The van der Waals surface area contributed by atoms with E-state index in [4.69, 9.17) is 34.8 Å². The van der Waals surface area contributed by atoms with Crippen LogP contribution >= 0.6 is 34.8 Å². The molecule has 2 amide bonds. The second-order valence-corrected chi connectivity index (χ2v) is 14.1. The molecule has 45 heavy (non-hydrogen) atoms. The van der Waals surface area contributed by atoms with E-state index in [9.17, 15) is 18.0 Å². The van der Waals surface area contributed by atoms with E-state index in [1.165, 1.54) is 35.2 Å². The zero-order valence-electron chi connectivity index (χ0n) is 24.9. The van der Waals surface area contributed by atoms with Crippen molar-refractivity contribution < 1.29 is 18.0 Å². The Morgan fingerprint density at radius 3 is 2.00 bits per heavy atom. The van der Waals surface area contributed by atoms with Crippen molar-refractivity contribution in [2.24, 2.45) is 5.92 Å². The van der Waals surface area contributed by atoms with E-state index in [0.29, 0.717) is 27.2 Å². The molecule has 0 radical (unpaired) electrons. The molecule has 236 valence electrons. The summed E-state index contributed by atoms with van der Waals surface area (Å²) in [6.45, 7) is 3.77. The molecule has 0 aromatic heterocycles. The molecule has 4 aromatic rings. The van der Waals surface area contributed by atoms with Gasteiger partial charge in [0.1, 0.15) is 12.6 Å². The zero-order valence-corrected chi connectivity index (χ0v) is 28.0. The largest absolute Gasteiger partial charge is 0.354 e. The number of sulfonamides is 1. The van der Waals surface area contributed by atoms with Crippen molar-refractivity contribution in [1.29, 1.82) is 0 Å². The van der Waals surface area contributed by atoms with Crippen LogP contribution in [-0.2, 0) is 32.6 Å². The van der Waals surface area contributed by atoms with E-state index in [1.54, 1.807) is 42.5 Å². The molecule has 0 heterocycles. The number of carbonyl (C=O) groups excluding carboxylic acids is 2. The summed E-state index contributed by atoms with van der Waals surface area (Å²) in [4.78, 5) is 29.6. The number of hydrogen-bond acceptors (Lipinski definition) is 4. The number of nitrogens with zero attached hydrogens (tertiary/aromatic N) is 2. The Morgan fingerprint density at radius 2 is 1.38 bits per heavy atom. The van der Waals surface area contributed by atoms with E-state index < -0.39 is 28.5 Å². The van der Waals surface area contributed by atoms with Crippen molar-refractivity contribution in [2.45, 2.75) is 37.8 Å². The quantitative estimate of drug-likeness (QED) is 0.161. The standard InChI is InChI=1S/C34H34Cl3N3O4S/c1-24(2)21-38-34(42)32(19-25-8-4-3-5-9-25)39(22-26-10-6-11-28(36)18-26)33(41)23-40(30-13-7-12-29(37)20-30)45(43,44)31-16-14-27(35)15-17-31/h3-18,20,24,32H,19,21-23H2,1-2H3,(H,38,42)/t32-/m0/s1. The first kappa shape index (κ1) is 34.3. The third-order valence-corrected chi connectivity index (χ3v) is 9.48. The second kappa shape index (κ2) is 15.6. The van der Waals surface area contributed by atoms with Crippen LogP contribution in [0.15, 0.2) is 108 Å². The maximum atomic E-state index is 14.5. The predicted octanol–water partition coefficient (Wildman–Crippen LogP) is 7.25. The highest BCUT2D eigenvalue weighted by molar-refractivity contribution is 7.92. The molecule has 0 aliphatic heterocycles. The summed E-state index contributed by atoms with van der Waals surface area (Å²) in [6.07, 6.45) is 0.207. The highest BCUT2D eigenvalue weighted by Crippen LogP contribution is 2.28. The third-order valence-electron chi connectivity index (χ3n) is 6.97. The molecule has 0 aliphatic carbocycles. The Morgan fingerprint density at radius 1 is 0.756 bits per heavy atom. The van der Waals surface area contributed by atoms with Crippen molar-refractivity contribution in [3.05, 3.63) is 129 Å². The van der Waals surface area contributed by atoms with Gasteiger partial charge in [-0.3, -0.25) is 13.9 Å². The zero-order chi connectivity index (χ0) is 32.6. The van der Waals surface area contributed by atoms with Gasteiger partial charge in [-0.15, -0.1) is 0 Å². The summed E-state index contributed by atoms with van der Waals surface area (Å²) in [7, 11) is -4.28. The molecule has 11 heteroatoms. The summed E-state index contributed by atoms with van der Waals surface area (Å²) in [6, 6.07) is 27.3. The fourth-order valence-electron chi connectivity index (χ4n) is 4.70. The van der Waals surface area contributed by atoms with Gasteiger partial charge >= 0.3 is 0 Å². The van der Waals surface area contributed by atoms with Crippen molar-refractivity contribution in [3.8, 4) is 0 Å². The predicted molar refractivity (Wildman–Crippen MR) is 181 cm³/mol. The van der Waals surface area contributed by atoms with Gasteiger partial charge in [-0.25, -0.2) is 8.42 Å². The molecule has 1 atom stereocenters. The monoisotopic (exact) mass is 685 g/mol. The van der Waals surface area contributed by atoms with Crippen LogP contribution in [0.1, 0.15) is 25.0 Å². The highest BCUT2D eigenvalue weighted by atomic mass is 35.5. The first-order chi connectivity index (χ1) is 21.4. The number of hydrogen-bond donors (Lipinski definition) is 1. The summed E-state index contributed by atoms with van der Waals surface area (Å²) in [5.74, 6) is -0.767. The lowest BCUT2D eigenvalue weighted by atomic mass is 10.0. The molecule has 4 rings (SSSR count). The normalized spacial score (nSPS) is 12.0. The number of benzene rings is 4. The van der Waals surface area contributed by atoms with Crippen LogP contribution in [0.3, 0.4) is 0 Å². The number of rotatable bonds is 13. The molecule has 0 unspecified atom stereocenters. The summed E-state index contributed by atoms with van der Waals surface area (Å²) >= 11 is 18.6. The van der Waals surface area contributed by atoms with Crippen molar-refractivity contribution >= 4 is 62.3 Å². The van der Waals surface area contributed by atoms with Gasteiger partial charge in [-0.2, -0.15) is 0 Å². The molecular weight excluding hydrogens is 653 g/mol. The van der Waals surface area contributed by atoms with Crippen molar-refractivity contribution in [2.75, 3.05) is 17.4 Å². The average Bonchev–Trinajstić information content (AvgIpc) is 3.01. The summed E-state index contributed by atoms with van der Waals surface area (Å²) < 4.78 is 29.1. The van der Waals surface area contributed by atoms with Crippen LogP contribution in [0, 0.1) is 5.92 Å². The Labute approximate surface area is 279 Å². The molecule has 0 aliphatic rings. The van der Waals surface area contributed by atoms with Gasteiger partial charge in [-0.1, -0.05) is 97.2 Å². The van der Waals surface area contributed by atoms with Crippen LogP contribution in [0.4, 0.5) is 5.69 Å². The Balaban J connectivity index is 1.80. The first-order valence-corrected chi connectivity index (χ1v) is 16.9. The number of amides is 2. The van der Waals surface area contributed by atoms with Gasteiger partial charge in [-0.05, 0) is 71.6 Å². The number of nitrogens with one attached hydrogen (secondary N) is 1. The van der Waals surface area contributed by atoms with Crippen LogP contribution in [0.25, 0.3) is 0 Å². The van der Waals surface area contributed by atoms with Crippen molar-refractivity contribution in [1.82, 2.24) is 10.2 Å². The lowest BCUT2D eigenvalue weighted by Gasteiger charge is -2.34. The molecule has 0 saturated carbocycles. The number of carbonyl (C=O) groups is 2. The van der Waals surface area contributed by atoms with E-state index in [2.05, 4.69) is 5.32 Å². The Kier molecular flexibility index (Phi) is 11.9. The number of anilines is 1. The smallest absolute Gasteiger partial charge is 0.264 e. The minimum atomic E-state index is -4.28. The van der Waals surface area contributed by atoms with E-state index in [1.807, 2.05) is 44.2 Å². The molecule has 0 saturated heterocycles. The van der Waals surface area contributed by atoms with E-state index in [0.717, 1.165) is 9.87 Å². The van der Waals surface area contributed by atoms with E-state index in [-0.39, 0.29) is 35.4 Å². The maximum Gasteiger partial charge on any atom is 0.264 e. The van der Waals surface area contributed by atoms with Gasteiger partial charge in [0, 0.05) is 34.6 Å². The van der Waals surface area contributed by atoms with Gasteiger partial charge in [0.2, 0.25) is 11.8 Å². The fraction of sp³-hybridized carbons (Fsp3) is 0.235.